The van der Waals surface area contributed by atoms with Gasteiger partial charge in [0.1, 0.15) is 36.3 Å². The van der Waals surface area contributed by atoms with Crippen LogP contribution < -0.4 is 15.3 Å². The van der Waals surface area contributed by atoms with E-state index in [-0.39, 0.29) is 24.8 Å². The highest BCUT2D eigenvalue weighted by atomic mass is 31.2. The average Bonchev–Trinajstić information content (AvgIpc) is 3.37. The van der Waals surface area contributed by atoms with Gasteiger partial charge in [-0.1, -0.05) is 49.7 Å². The van der Waals surface area contributed by atoms with Gasteiger partial charge in [-0.3, -0.25) is 13.9 Å². The Morgan fingerprint density at radius 2 is 1.86 bits per heavy atom. The molecule has 42 heavy (non-hydrogen) atoms. The van der Waals surface area contributed by atoms with Crippen molar-refractivity contribution in [1.29, 1.82) is 0 Å². The molecule has 0 spiro atoms. The van der Waals surface area contributed by atoms with Crippen LogP contribution in [0.15, 0.2) is 54.6 Å². The number of nitrogen functional groups attached to an aromatic ring is 1. The predicted molar refractivity (Wildman–Crippen MR) is 160 cm³/mol. The van der Waals surface area contributed by atoms with Gasteiger partial charge in [-0.15, -0.1) is 0 Å². The molecule has 0 aliphatic carbocycles. The van der Waals surface area contributed by atoms with E-state index < -0.39 is 32.1 Å². The molecule has 0 saturated carbocycles. The van der Waals surface area contributed by atoms with Gasteiger partial charge < -0.3 is 24.8 Å². The van der Waals surface area contributed by atoms with Crippen LogP contribution in [0.3, 0.4) is 0 Å². The zero-order chi connectivity index (χ0) is 30.3. The number of para-hydroxylation sites is 2. The summed E-state index contributed by atoms with van der Waals surface area (Å²) in [5, 5.41) is 15.3. The first-order valence-electron chi connectivity index (χ1n) is 13.9. The highest BCUT2D eigenvalue weighted by molar-refractivity contribution is 7.52. The van der Waals surface area contributed by atoms with E-state index >= 15 is 0 Å². The third-order valence-corrected chi connectivity index (χ3v) is 8.05. The van der Waals surface area contributed by atoms with Gasteiger partial charge in [0.05, 0.1) is 17.6 Å². The number of hydrogen-bond donors (Lipinski definition) is 3. The van der Waals surface area contributed by atoms with Crippen molar-refractivity contribution in [2.24, 2.45) is 0 Å². The Bertz CT molecular complexity index is 1560. The van der Waals surface area contributed by atoms with Crippen molar-refractivity contribution in [2.45, 2.75) is 58.9 Å². The van der Waals surface area contributed by atoms with E-state index in [2.05, 4.69) is 15.1 Å². The monoisotopic (exact) mass is 599 g/mol. The van der Waals surface area contributed by atoms with Crippen molar-refractivity contribution in [3.63, 3.8) is 0 Å². The fourth-order valence-corrected chi connectivity index (χ4v) is 5.94. The summed E-state index contributed by atoms with van der Waals surface area (Å²) in [5.74, 6) is 0.191. The number of fused-ring (bicyclic) bond motifs is 3. The second kappa shape index (κ2) is 13.6. The second-order valence-electron chi connectivity index (χ2n) is 9.98. The van der Waals surface area contributed by atoms with Crippen LogP contribution in [-0.4, -0.2) is 51.5 Å². The van der Waals surface area contributed by atoms with Gasteiger partial charge in [0, 0.05) is 12.0 Å². The molecule has 4 N–H and O–H groups in total. The highest BCUT2D eigenvalue weighted by Gasteiger charge is 2.38. The van der Waals surface area contributed by atoms with Crippen LogP contribution in [0.25, 0.3) is 21.9 Å². The number of pyridine rings is 1. The van der Waals surface area contributed by atoms with Gasteiger partial charge in [0.15, 0.2) is 11.5 Å². The number of ether oxygens (including phenoxy) is 2. The molecule has 226 valence electrons. The van der Waals surface area contributed by atoms with Gasteiger partial charge in [0.25, 0.3) is 0 Å². The molecule has 13 heteroatoms. The number of nitrogens with two attached hydrogens (primary N) is 1. The summed E-state index contributed by atoms with van der Waals surface area (Å²) in [6.45, 7) is 7.00. The number of aromatic nitrogens is 3. The minimum absolute atomic E-state index is 0.0617. The number of benzene rings is 2. The summed E-state index contributed by atoms with van der Waals surface area (Å²) >= 11 is 0. The van der Waals surface area contributed by atoms with Gasteiger partial charge in [-0.05, 0) is 45.4 Å². The first kappa shape index (κ1) is 31.4. The molecular formula is C29H38N5O7P. The number of hydrogen-bond acceptors (Lipinski definition) is 10. The van der Waals surface area contributed by atoms with Gasteiger partial charge in [-0.25, -0.2) is 14.5 Å². The van der Waals surface area contributed by atoms with Crippen LogP contribution in [-0.2, 0) is 35.7 Å². The zero-order valence-corrected chi connectivity index (χ0v) is 25.2. The number of imidazole rings is 1. The molecule has 0 radical (unpaired) electrons. The molecule has 0 fully saturated rings. The van der Waals surface area contributed by atoms with Crippen molar-refractivity contribution >= 4 is 41.5 Å². The van der Waals surface area contributed by atoms with Crippen molar-refractivity contribution in [2.75, 3.05) is 25.6 Å². The molecule has 2 aromatic heterocycles. The Hall–Kier alpha value is -3.54. The molecule has 4 aromatic rings. The summed E-state index contributed by atoms with van der Waals surface area (Å²) in [6, 6.07) is 14.7. The minimum atomic E-state index is -4.26. The Kier molecular flexibility index (Phi) is 10.2. The van der Waals surface area contributed by atoms with Gasteiger partial charge in [0.2, 0.25) is 0 Å². The SMILES string of the molecule is CCCCOC(=O)[C@H](C)NP(=O)(OCC(C)(O)n1c(COCC)nc2c(N)nc3ccccc3c21)Oc1ccccc1. The van der Waals surface area contributed by atoms with Crippen LogP contribution in [0.5, 0.6) is 5.75 Å². The topological polar surface area (TPSA) is 160 Å². The molecule has 0 saturated heterocycles. The summed E-state index contributed by atoms with van der Waals surface area (Å²) in [7, 11) is -4.26. The number of nitrogens with zero attached hydrogens (tertiary/aromatic N) is 3. The smallest absolute Gasteiger partial charge is 0.459 e. The van der Waals surface area contributed by atoms with E-state index in [1.165, 1.54) is 13.8 Å². The number of anilines is 1. The molecule has 0 amide bonds. The summed E-state index contributed by atoms with van der Waals surface area (Å²) in [4.78, 5) is 21.7. The fourth-order valence-electron chi connectivity index (χ4n) is 4.37. The highest BCUT2D eigenvalue weighted by Crippen LogP contribution is 2.46. The summed E-state index contributed by atoms with van der Waals surface area (Å²) in [5.41, 5.74) is 5.95. The third kappa shape index (κ3) is 7.26. The maximum Gasteiger partial charge on any atom is 0.459 e. The number of esters is 1. The molecule has 3 atom stereocenters. The van der Waals surface area contributed by atoms with Crippen LogP contribution >= 0.6 is 7.75 Å². The normalized spacial score (nSPS) is 15.3. The zero-order valence-electron chi connectivity index (χ0n) is 24.3. The largest absolute Gasteiger partial charge is 0.465 e. The quantitative estimate of drug-likeness (QED) is 0.0969. The van der Waals surface area contributed by atoms with E-state index in [9.17, 15) is 14.5 Å². The Labute approximate surface area is 244 Å². The van der Waals surface area contributed by atoms with Crippen molar-refractivity contribution in [3.05, 3.63) is 60.4 Å². The molecular weight excluding hydrogens is 561 g/mol. The van der Waals surface area contributed by atoms with Crippen LogP contribution in [0.1, 0.15) is 46.4 Å². The first-order valence-corrected chi connectivity index (χ1v) is 15.4. The van der Waals surface area contributed by atoms with Gasteiger partial charge in [-0.2, -0.15) is 5.09 Å². The fraction of sp³-hybridized carbons (Fsp3) is 0.414. The van der Waals surface area contributed by atoms with E-state index in [4.69, 9.17) is 24.3 Å². The first-order chi connectivity index (χ1) is 20.1. The average molecular weight is 600 g/mol. The Morgan fingerprint density at radius 3 is 2.57 bits per heavy atom. The number of aliphatic hydroxyl groups is 1. The van der Waals surface area contributed by atoms with Crippen LogP contribution in [0.2, 0.25) is 0 Å². The van der Waals surface area contributed by atoms with Crippen molar-refractivity contribution in [3.8, 4) is 5.75 Å². The Morgan fingerprint density at radius 1 is 1.14 bits per heavy atom. The lowest BCUT2D eigenvalue weighted by molar-refractivity contribution is -0.145. The van der Waals surface area contributed by atoms with E-state index in [0.29, 0.717) is 40.8 Å². The minimum Gasteiger partial charge on any atom is -0.465 e. The lowest BCUT2D eigenvalue weighted by atomic mass is 10.1. The summed E-state index contributed by atoms with van der Waals surface area (Å²) < 4.78 is 38.1. The number of rotatable bonds is 15. The maximum atomic E-state index is 14.1. The molecule has 0 aliphatic heterocycles. The lowest BCUT2D eigenvalue weighted by Gasteiger charge is -2.30. The maximum absolute atomic E-state index is 14.1. The molecule has 2 aromatic carbocycles. The van der Waals surface area contributed by atoms with E-state index in [1.54, 1.807) is 34.9 Å². The van der Waals surface area contributed by atoms with Crippen LogP contribution in [0.4, 0.5) is 5.82 Å². The molecule has 0 bridgehead atoms. The number of nitrogens with one attached hydrogen (secondary N) is 1. The molecule has 4 rings (SSSR count). The summed E-state index contributed by atoms with van der Waals surface area (Å²) in [6.07, 6.45) is 1.56. The van der Waals surface area contributed by atoms with Gasteiger partial charge >= 0.3 is 13.7 Å². The number of carbonyl (C=O) groups is 1. The molecule has 0 aliphatic rings. The predicted octanol–water partition coefficient (Wildman–Crippen LogP) is 4.89. The second-order valence-corrected chi connectivity index (χ2v) is 11.7. The third-order valence-electron chi connectivity index (χ3n) is 6.43. The lowest BCUT2D eigenvalue weighted by Crippen LogP contribution is -2.39. The van der Waals surface area contributed by atoms with E-state index in [0.717, 1.165) is 6.42 Å². The van der Waals surface area contributed by atoms with Crippen molar-refractivity contribution < 1.29 is 33.0 Å². The van der Waals surface area contributed by atoms with Crippen LogP contribution in [0, 0.1) is 0 Å². The molecule has 2 unspecified atom stereocenters. The standard InChI is InChI=1S/C29H38N5O7P/c1-5-7-17-39-28(35)20(3)33-42(37,41-21-13-9-8-10-14-21)40-19-29(4,36)34-24(18-38-6-2)32-25-26(34)22-15-11-12-16-23(22)31-27(25)30/h8-16,20,36H,5-7,17-19H2,1-4H3,(H2,30,31)(H,33,37)/t20-,29?,42?/m0/s1. The Balaban J connectivity index is 1.70. The molecule has 12 nitrogen and oxygen atoms in total. The van der Waals surface area contributed by atoms with E-state index in [1.807, 2.05) is 38.1 Å². The number of carbonyl (C=O) groups excluding carboxylic acids is 1. The molecule has 2 heterocycles. The number of unbranched alkanes of at least 4 members (excludes halogenated alkanes) is 1. The van der Waals surface area contributed by atoms with Crippen molar-refractivity contribution in [1.82, 2.24) is 19.6 Å².